The number of aromatic carboxylic acids is 1. The first-order valence-electron chi connectivity index (χ1n) is 11.6. The molecule has 1 unspecified atom stereocenters. The van der Waals surface area contributed by atoms with Gasteiger partial charge in [-0.1, -0.05) is 18.2 Å². The average molecular weight is 473 g/mol. The van der Waals surface area contributed by atoms with Crippen LogP contribution in [0.5, 0.6) is 5.75 Å². The molecule has 35 heavy (non-hydrogen) atoms. The number of benzene rings is 3. The van der Waals surface area contributed by atoms with Gasteiger partial charge in [-0.05, 0) is 66.9 Å². The Hall–Kier alpha value is -4.13. The summed E-state index contributed by atoms with van der Waals surface area (Å²) in [4.78, 5) is 25.5. The molecule has 3 aromatic carbocycles. The number of hydrogen-bond acceptors (Lipinski definition) is 3. The normalized spacial score (nSPS) is 15.9. The van der Waals surface area contributed by atoms with E-state index in [-0.39, 0.29) is 29.0 Å². The van der Waals surface area contributed by atoms with Crippen molar-refractivity contribution in [1.29, 1.82) is 0 Å². The second-order valence-corrected chi connectivity index (χ2v) is 8.93. The Morgan fingerprint density at radius 3 is 2.37 bits per heavy atom. The lowest BCUT2D eigenvalue weighted by molar-refractivity contribution is -0.130. The van der Waals surface area contributed by atoms with E-state index in [1.807, 2.05) is 15.5 Å². The summed E-state index contributed by atoms with van der Waals surface area (Å²) in [5.74, 6) is -1.30. The van der Waals surface area contributed by atoms with Crippen molar-refractivity contribution in [2.75, 3.05) is 13.1 Å². The summed E-state index contributed by atoms with van der Waals surface area (Å²) in [6.45, 7) is 2.78. The highest BCUT2D eigenvalue weighted by Gasteiger charge is 2.31. The molecule has 4 aromatic rings. The lowest BCUT2D eigenvalue weighted by atomic mass is 9.88. The van der Waals surface area contributed by atoms with Gasteiger partial charge in [0.25, 0.3) is 0 Å². The molecule has 1 aliphatic heterocycles. The van der Waals surface area contributed by atoms with Crippen LogP contribution >= 0.6 is 0 Å². The summed E-state index contributed by atoms with van der Waals surface area (Å²) >= 11 is 0. The molecule has 0 aliphatic carbocycles. The number of rotatable bonds is 4. The van der Waals surface area contributed by atoms with Crippen molar-refractivity contribution in [3.05, 3.63) is 83.8 Å². The second kappa shape index (κ2) is 8.91. The van der Waals surface area contributed by atoms with Crippen molar-refractivity contribution < 1.29 is 24.2 Å². The lowest BCUT2D eigenvalue weighted by Crippen LogP contribution is -2.38. The van der Waals surface area contributed by atoms with Crippen LogP contribution in [0.3, 0.4) is 0 Å². The Morgan fingerprint density at radius 2 is 1.71 bits per heavy atom. The fourth-order valence-corrected chi connectivity index (χ4v) is 5.15. The fourth-order valence-electron chi connectivity index (χ4n) is 5.15. The quantitative estimate of drug-likeness (QED) is 0.407. The molecule has 5 rings (SSSR count). The van der Waals surface area contributed by atoms with Crippen molar-refractivity contribution in [3.63, 3.8) is 0 Å². The summed E-state index contributed by atoms with van der Waals surface area (Å²) in [6.07, 6.45) is 1.67. The maximum atomic E-state index is 13.8. The summed E-state index contributed by atoms with van der Waals surface area (Å²) in [7, 11) is 0. The van der Waals surface area contributed by atoms with Gasteiger partial charge >= 0.3 is 5.97 Å². The van der Waals surface area contributed by atoms with Crippen LogP contribution in [0.15, 0.2) is 66.7 Å². The van der Waals surface area contributed by atoms with Gasteiger partial charge in [0.1, 0.15) is 11.6 Å². The van der Waals surface area contributed by atoms with Crippen LogP contribution in [0.2, 0.25) is 0 Å². The van der Waals surface area contributed by atoms with E-state index in [0.29, 0.717) is 18.5 Å². The molecular formula is C28H25FN2O4. The van der Waals surface area contributed by atoms with Gasteiger partial charge in [-0.2, -0.15) is 0 Å². The molecule has 1 amide bonds. The Balaban J connectivity index is 1.83. The van der Waals surface area contributed by atoms with Gasteiger partial charge in [0.15, 0.2) is 0 Å². The summed E-state index contributed by atoms with van der Waals surface area (Å²) < 4.78 is 15.8. The zero-order valence-corrected chi connectivity index (χ0v) is 19.2. The third-order valence-electron chi connectivity index (χ3n) is 6.77. The summed E-state index contributed by atoms with van der Waals surface area (Å²) in [5.41, 5.74) is 4.12. The first-order chi connectivity index (χ1) is 16.8. The number of halogens is 1. The Labute approximate surface area is 201 Å². The number of phenols is 1. The summed E-state index contributed by atoms with van der Waals surface area (Å²) in [5, 5.41) is 21.0. The van der Waals surface area contributed by atoms with Gasteiger partial charge in [0.05, 0.1) is 11.1 Å². The number of carbonyl (C=O) groups excluding carboxylic acids is 1. The molecule has 0 radical (unpaired) electrons. The maximum Gasteiger partial charge on any atom is 0.335 e. The average Bonchev–Trinajstić information content (AvgIpc) is 3.21. The van der Waals surface area contributed by atoms with E-state index in [1.54, 1.807) is 55.5 Å². The highest BCUT2D eigenvalue weighted by molar-refractivity contribution is 6.03. The van der Waals surface area contributed by atoms with Crippen LogP contribution in [0.25, 0.3) is 27.7 Å². The molecule has 0 bridgehead atoms. The molecular weight excluding hydrogens is 447 g/mol. The number of carboxylic acid groups (broad SMARTS) is 1. The minimum Gasteiger partial charge on any atom is -0.507 e. The van der Waals surface area contributed by atoms with Crippen molar-refractivity contribution in [1.82, 2.24) is 9.47 Å². The molecule has 1 saturated heterocycles. The molecule has 0 saturated carbocycles. The van der Waals surface area contributed by atoms with Crippen LogP contribution in [0.1, 0.15) is 41.7 Å². The van der Waals surface area contributed by atoms with Crippen LogP contribution in [-0.2, 0) is 4.79 Å². The van der Waals surface area contributed by atoms with Crippen LogP contribution < -0.4 is 0 Å². The topological polar surface area (TPSA) is 82.8 Å². The number of fused-ring (bicyclic) bond motifs is 1. The van der Waals surface area contributed by atoms with Crippen molar-refractivity contribution in [2.24, 2.45) is 0 Å². The number of carboxylic acids is 1. The summed E-state index contributed by atoms with van der Waals surface area (Å²) in [6, 6.07) is 18.1. The number of hydrogen-bond donors (Lipinski definition) is 2. The number of carbonyl (C=O) groups is 2. The predicted molar refractivity (Wildman–Crippen MR) is 132 cm³/mol. The molecule has 7 heteroatoms. The molecule has 6 nitrogen and oxygen atoms in total. The Morgan fingerprint density at radius 1 is 1.00 bits per heavy atom. The third kappa shape index (κ3) is 4.03. The van der Waals surface area contributed by atoms with E-state index in [9.17, 15) is 24.2 Å². The lowest BCUT2D eigenvalue weighted by Gasteiger charge is -2.33. The molecule has 2 heterocycles. The number of likely N-dealkylation sites (tertiary alicyclic amines) is 1. The highest BCUT2D eigenvalue weighted by atomic mass is 19.1. The van der Waals surface area contributed by atoms with Crippen LogP contribution in [-0.4, -0.2) is 44.6 Å². The second-order valence-electron chi connectivity index (χ2n) is 8.93. The van der Waals surface area contributed by atoms with Crippen LogP contribution in [0.4, 0.5) is 4.39 Å². The van der Waals surface area contributed by atoms with E-state index in [4.69, 9.17) is 0 Å². The molecule has 0 spiro atoms. The van der Waals surface area contributed by atoms with E-state index in [2.05, 4.69) is 0 Å². The maximum absolute atomic E-state index is 13.8. The fraction of sp³-hybridized carbons (Fsp3) is 0.214. The number of amides is 1. The van der Waals surface area contributed by atoms with E-state index in [1.165, 1.54) is 12.1 Å². The predicted octanol–water partition coefficient (Wildman–Crippen LogP) is 5.57. The highest BCUT2D eigenvalue weighted by Crippen LogP contribution is 2.46. The van der Waals surface area contributed by atoms with Gasteiger partial charge in [-0.15, -0.1) is 0 Å². The van der Waals surface area contributed by atoms with E-state index >= 15 is 0 Å². The van der Waals surface area contributed by atoms with Gasteiger partial charge < -0.3 is 19.7 Å². The van der Waals surface area contributed by atoms with Crippen molar-refractivity contribution in [3.8, 4) is 22.6 Å². The van der Waals surface area contributed by atoms with E-state index < -0.39 is 5.97 Å². The van der Waals surface area contributed by atoms with Gasteiger partial charge in [0, 0.05) is 48.3 Å². The minimum atomic E-state index is -1.02. The first kappa shape index (κ1) is 22.7. The largest absolute Gasteiger partial charge is 0.507 e. The molecule has 2 N–H and O–H groups in total. The van der Waals surface area contributed by atoms with Crippen LogP contribution in [0, 0.1) is 5.82 Å². The van der Waals surface area contributed by atoms with Crippen molar-refractivity contribution in [2.45, 2.75) is 25.7 Å². The number of aromatic hydroxyl groups is 1. The van der Waals surface area contributed by atoms with Gasteiger partial charge in [0.2, 0.25) is 5.91 Å². The zero-order valence-electron chi connectivity index (χ0n) is 19.2. The standard InChI is InChI=1S/C28H25FN2O4/c1-17(32)30-15-3-4-20(16-30)27-25(18-7-9-19(10-8-18)28(34)35)26-23(5-2-6-24(26)33)31(27)22-13-11-21(29)12-14-22/h2,5-14,20,33H,3-4,15-16H2,1H3,(H,34,35). The molecule has 1 fully saturated rings. The Bertz CT molecular complexity index is 1420. The SMILES string of the molecule is CC(=O)N1CCCC(c2c(-c3ccc(C(=O)O)cc3)c3c(O)cccc3n2-c2ccc(F)cc2)C1. The number of piperidine rings is 1. The monoisotopic (exact) mass is 472 g/mol. The zero-order chi connectivity index (χ0) is 24.7. The number of phenolic OH excluding ortho intramolecular Hbond substituents is 1. The molecule has 1 aliphatic rings. The molecule has 178 valence electrons. The minimum absolute atomic E-state index is 0.00866. The van der Waals surface area contributed by atoms with E-state index in [0.717, 1.165) is 40.9 Å². The Kier molecular flexibility index (Phi) is 5.76. The van der Waals surface area contributed by atoms with Crippen molar-refractivity contribution >= 4 is 22.8 Å². The number of nitrogens with zero attached hydrogens (tertiary/aromatic N) is 2. The smallest absolute Gasteiger partial charge is 0.335 e. The number of aromatic nitrogens is 1. The first-order valence-corrected chi connectivity index (χ1v) is 11.6. The van der Waals surface area contributed by atoms with Gasteiger partial charge in [-0.25, -0.2) is 9.18 Å². The molecule has 1 aromatic heterocycles. The third-order valence-corrected chi connectivity index (χ3v) is 6.77. The molecule has 1 atom stereocenters. The van der Waals surface area contributed by atoms with Gasteiger partial charge in [-0.3, -0.25) is 4.79 Å².